The van der Waals surface area contributed by atoms with Crippen LogP contribution in [-0.4, -0.2) is 32.9 Å². The summed E-state index contributed by atoms with van der Waals surface area (Å²) in [7, 11) is 0. The molecule has 1 aromatic carbocycles. The number of aromatic nitrogens is 3. The van der Waals surface area contributed by atoms with Crippen molar-refractivity contribution in [3.63, 3.8) is 0 Å². The number of oxazole rings is 1. The highest BCUT2D eigenvalue weighted by molar-refractivity contribution is 5.96. The number of amides is 1. The van der Waals surface area contributed by atoms with Gasteiger partial charge in [-0.3, -0.25) is 4.79 Å². The third-order valence-electron chi connectivity index (χ3n) is 6.55. The Balaban J connectivity index is 1.40. The Morgan fingerprint density at radius 3 is 2.75 bits per heavy atom. The van der Waals surface area contributed by atoms with Gasteiger partial charge in [-0.25, -0.2) is 18.7 Å². The molecule has 1 amide bonds. The fraction of sp³-hybridized carbons (Fsp3) is 0.308. The van der Waals surface area contributed by atoms with Crippen molar-refractivity contribution in [3.8, 4) is 17.3 Å². The van der Waals surface area contributed by atoms with Crippen LogP contribution in [0.15, 0.2) is 35.2 Å². The van der Waals surface area contributed by atoms with Crippen LogP contribution in [0.5, 0.6) is 0 Å². The fourth-order valence-corrected chi connectivity index (χ4v) is 4.82. The zero-order chi connectivity index (χ0) is 25.4. The number of carbonyl (C=O) groups is 1. The van der Waals surface area contributed by atoms with Gasteiger partial charge in [-0.1, -0.05) is 0 Å². The first-order chi connectivity index (χ1) is 17.3. The second-order valence-electron chi connectivity index (χ2n) is 9.13. The highest BCUT2D eigenvalue weighted by Gasteiger charge is 2.27. The van der Waals surface area contributed by atoms with Crippen molar-refractivity contribution < 1.29 is 18.0 Å². The van der Waals surface area contributed by atoms with E-state index in [1.54, 1.807) is 26.1 Å². The molecule has 0 spiro atoms. The molecule has 8 nitrogen and oxygen atoms in total. The van der Waals surface area contributed by atoms with E-state index < -0.39 is 11.6 Å². The van der Waals surface area contributed by atoms with Crippen molar-refractivity contribution in [3.05, 3.63) is 65.0 Å². The van der Waals surface area contributed by atoms with E-state index in [0.717, 1.165) is 30.9 Å². The molecule has 4 aromatic rings. The van der Waals surface area contributed by atoms with Crippen molar-refractivity contribution in [2.24, 2.45) is 0 Å². The van der Waals surface area contributed by atoms with Gasteiger partial charge in [0.2, 0.25) is 0 Å². The Kier molecular flexibility index (Phi) is 6.14. The molecule has 0 bridgehead atoms. The molecule has 1 saturated carbocycles. The number of anilines is 1. The summed E-state index contributed by atoms with van der Waals surface area (Å²) in [5.41, 5.74) is 2.10. The van der Waals surface area contributed by atoms with E-state index in [-0.39, 0.29) is 40.8 Å². The molecule has 1 aliphatic carbocycles. The topological polar surface area (TPSA) is 120 Å². The van der Waals surface area contributed by atoms with Crippen LogP contribution in [0.4, 0.5) is 14.6 Å². The standard InChI is InChI=1S/C26H24F2N6O2/c1-13-6-18-19(11-30-24(18)20(27)7-13)23-15(10-29)8-21(28)25(34-23)32-16-4-3-5-17(9-16)33-26(35)22-14(2)36-12-31-22/h6-8,11-12,16-17,30H,3-5,9H2,1-2H3,(H,32,34)(H,33,35)/t16-,17-/m1/s1. The Hall–Kier alpha value is -4.26. The maximum atomic E-state index is 15.0. The van der Waals surface area contributed by atoms with E-state index in [2.05, 4.69) is 25.6 Å². The summed E-state index contributed by atoms with van der Waals surface area (Å²) in [6.07, 6.45) is 5.76. The predicted octanol–water partition coefficient (Wildman–Crippen LogP) is 5.14. The van der Waals surface area contributed by atoms with Gasteiger partial charge in [-0.15, -0.1) is 0 Å². The maximum absolute atomic E-state index is 15.0. The summed E-state index contributed by atoms with van der Waals surface area (Å²) < 4.78 is 34.5. The summed E-state index contributed by atoms with van der Waals surface area (Å²) in [5, 5.41) is 16.3. The number of nitrogens with zero attached hydrogens (tertiary/aromatic N) is 3. The smallest absolute Gasteiger partial charge is 0.273 e. The SMILES string of the molecule is Cc1cc(F)c2[nH]cc(-c3nc(N[C@@H]4CCC[C@@H](NC(=O)c5ncoc5C)C4)c(F)cc3C#N)c2c1. The number of hydrogen-bond acceptors (Lipinski definition) is 6. The number of H-pyrrole nitrogens is 1. The Labute approximate surface area is 205 Å². The first kappa shape index (κ1) is 23.5. The van der Waals surface area contributed by atoms with Gasteiger partial charge in [0.25, 0.3) is 5.91 Å². The summed E-state index contributed by atoms with van der Waals surface area (Å²) >= 11 is 0. The van der Waals surface area contributed by atoms with E-state index in [1.165, 1.54) is 12.5 Å². The highest BCUT2D eigenvalue weighted by Crippen LogP contribution is 2.34. The molecular weight excluding hydrogens is 466 g/mol. The van der Waals surface area contributed by atoms with Crippen LogP contribution >= 0.6 is 0 Å². The second kappa shape index (κ2) is 9.41. The maximum Gasteiger partial charge on any atom is 0.273 e. The summed E-state index contributed by atoms with van der Waals surface area (Å²) in [6, 6.07) is 6.09. The summed E-state index contributed by atoms with van der Waals surface area (Å²) in [6.45, 7) is 3.45. The van der Waals surface area contributed by atoms with Gasteiger partial charge in [0.15, 0.2) is 23.7 Å². The number of halogens is 2. The predicted molar refractivity (Wildman–Crippen MR) is 129 cm³/mol. The number of aromatic amines is 1. The lowest BCUT2D eigenvalue weighted by molar-refractivity contribution is 0.0920. The molecule has 0 aliphatic heterocycles. The summed E-state index contributed by atoms with van der Waals surface area (Å²) in [5.74, 6) is -0.913. The minimum absolute atomic E-state index is 0.01000. The number of pyridine rings is 1. The van der Waals surface area contributed by atoms with Gasteiger partial charge in [-0.2, -0.15) is 5.26 Å². The zero-order valence-electron chi connectivity index (χ0n) is 19.8. The summed E-state index contributed by atoms with van der Waals surface area (Å²) in [4.78, 5) is 23.8. The fourth-order valence-electron chi connectivity index (χ4n) is 4.82. The Morgan fingerprint density at radius 1 is 1.19 bits per heavy atom. The first-order valence-corrected chi connectivity index (χ1v) is 11.7. The van der Waals surface area contributed by atoms with Crippen LogP contribution in [0.1, 0.15) is 53.1 Å². The van der Waals surface area contributed by atoms with Crippen molar-refractivity contribution in [1.82, 2.24) is 20.3 Å². The molecule has 5 rings (SSSR count). The van der Waals surface area contributed by atoms with Crippen LogP contribution in [-0.2, 0) is 0 Å². The Bertz CT molecular complexity index is 1500. The molecule has 0 unspecified atom stereocenters. The minimum Gasteiger partial charge on any atom is -0.448 e. The quantitative estimate of drug-likeness (QED) is 0.356. The number of rotatable bonds is 5. The van der Waals surface area contributed by atoms with E-state index >= 15 is 0 Å². The lowest BCUT2D eigenvalue weighted by Crippen LogP contribution is -2.42. The van der Waals surface area contributed by atoms with E-state index in [9.17, 15) is 18.8 Å². The third kappa shape index (κ3) is 4.40. The number of hydrogen-bond donors (Lipinski definition) is 3. The lowest BCUT2D eigenvalue weighted by Gasteiger charge is -2.30. The van der Waals surface area contributed by atoms with E-state index in [4.69, 9.17) is 4.42 Å². The lowest BCUT2D eigenvalue weighted by atomic mass is 9.90. The number of aryl methyl sites for hydroxylation is 2. The first-order valence-electron chi connectivity index (χ1n) is 11.7. The molecule has 1 aliphatic rings. The number of fused-ring (bicyclic) bond motifs is 1. The molecule has 3 aromatic heterocycles. The van der Waals surface area contributed by atoms with Gasteiger partial charge in [0, 0.05) is 29.2 Å². The molecule has 3 heterocycles. The number of nitrogens with one attached hydrogen (secondary N) is 3. The van der Waals surface area contributed by atoms with Crippen LogP contribution < -0.4 is 10.6 Å². The molecule has 36 heavy (non-hydrogen) atoms. The van der Waals surface area contributed by atoms with Crippen LogP contribution in [0.25, 0.3) is 22.2 Å². The minimum atomic E-state index is -0.651. The van der Waals surface area contributed by atoms with Crippen molar-refractivity contribution in [1.29, 1.82) is 5.26 Å². The van der Waals surface area contributed by atoms with Gasteiger partial charge in [0.1, 0.15) is 17.6 Å². The van der Waals surface area contributed by atoms with Crippen LogP contribution in [0.3, 0.4) is 0 Å². The van der Waals surface area contributed by atoms with Gasteiger partial charge in [-0.05, 0) is 63.3 Å². The molecule has 0 saturated heterocycles. The number of nitriles is 1. The normalized spacial score (nSPS) is 17.6. The van der Waals surface area contributed by atoms with Crippen LogP contribution in [0, 0.1) is 36.8 Å². The van der Waals surface area contributed by atoms with Crippen LogP contribution in [0.2, 0.25) is 0 Å². The number of benzene rings is 1. The average Bonchev–Trinajstić information content (AvgIpc) is 3.46. The molecule has 0 radical (unpaired) electrons. The van der Waals surface area contributed by atoms with Crippen molar-refractivity contribution >= 4 is 22.6 Å². The van der Waals surface area contributed by atoms with Crippen molar-refractivity contribution in [2.75, 3.05) is 5.32 Å². The van der Waals surface area contributed by atoms with E-state index in [0.29, 0.717) is 28.6 Å². The monoisotopic (exact) mass is 490 g/mol. The second-order valence-corrected chi connectivity index (χ2v) is 9.13. The molecule has 10 heteroatoms. The Morgan fingerprint density at radius 2 is 2.00 bits per heavy atom. The number of carbonyl (C=O) groups excluding carboxylic acids is 1. The molecular formula is C26H24F2N6O2. The average molecular weight is 491 g/mol. The molecule has 1 fully saturated rings. The zero-order valence-corrected chi connectivity index (χ0v) is 19.8. The van der Waals surface area contributed by atoms with Gasteiger partial charge >= 0.3 is 0 Å². The molecule has 2 atom stereocenters. The molecule has 3 N–H and O–H groups in total. The van der Waals surface area contributed by atoms with Crippen molar-refractivity contribution in [2.45, 2.75) is 51.6 Å². The third-order valence-corrected chi connectivity index (χ3v) is 6.55. The van der Waals surface area contributed by atoms with Gasteiger partial charge < -0.3 is 20.0 Å². The molecule has 184 valence electrons. The highest BCUT2D eigenvalue weighted by atomic mass is 19.1. The largest absolute Gasteiger partial charge is 0.448 e. The van der Waals surface area contributed by atoms with Gasteiger partial charge in [0.05, 0.1) is 16.8 Å². The van der Waals surface area contributed by atoms with E-state index in [1.807, 2.05) is 6.07 Å².